The number of thiazole rings is 1. The van der Waals surface area contributed by atoms with Gasteiger partial charge in [-0.05, 0) is 33.1 Å². The minimum atomic E-state index is 0.432. The summed E-state index contributed by atoms with van der Waals surface area (Å²) in [6, 6.07) is 0.633. The SMILES string of the molecule is CCOC1CC(NCc2csc(C)n2)C12CCCC2. The smallest absolute Gasteiger partial charge is 0.0897 e. The third-order valence-corrected chi connectivity index (χ3v) is 5.71. The third-order valence-electron chi connectivity index (χ3n) is 4.88. The first-order valence-electron chi connectivity index (χ1n) is 7.50. The summed E-state index contributed by atoms with van der Waals surface area (Å²) in [5.41, 5.74) is 1.62. The Morgan fingerprint density at radius 3 is 2.89 bits per heavy atom. The van der Waals surface area contributed by atoms with E-state index in [1.54, 1.807) is 11.3 Å². The molecule has 2 fully saturated rings. The van der Waals surface area contributed by atoms with Gasteiger partial charge in [-0.15, -0.1) is 11.3 Å². The molecule has 2 saturated carbocycles. The first-order valence-corrected chi connectivity index (χ1v) is 8.38. The van der Waals surface area contributed by atoms with E-state index in [1.807, 2.05) is 0 Å². The monoisotopic (exact) mass is 280 g/mol. The van der Waals surface area contributed by atoms with Crippen LogP contribution in [-0.4, -0.2) is 23.7 Å². The van der Waals surface area contributed by atoms with E-state index in [0.717, 1.165) is 18.2 Å². The molecule has 2 atom stereocenters. The molecule has 2 aliphatic carbocycles. The van der Waals surface area contributed by atoms with Crippen LogP contribution in [0, 0.1) is 12.3 Å². The first kappa shape index (κ1) is 13.5. The second-order valence-corrected chi connectivity index (χ2v) is 6.97. The zero-order valence-electron chi connectivity index (χ0n) is 11.9. The average Bonchev–Trinajstić information content (AvgIpc) is 3.03. The summed E-state index contributed by atoms with van der Waals surface area (Å²) in [7, 11) is 0. The molecule has 2 unspecified atom stereocenters. The number of rotatable bonds is 5. The summed E-state index contributed by atoms with van der Waals surface area (Å²) < 4.78 is 5.95. The topological polar surface area (TPSA) is 34.1 Å². The van der Waals surface area contributed by atoms with E-state index >= 15 is 0 Å². The van der Waals surface area contributed by atoms with Gasteiger partial charge in [-0.1, -0.05) is 12.8 Å². The van der Waals surface area contributed by atoms with E-state index < -0.39 is 0 Å². The van der Waals surface area contributed by atoms with E-state index in [0.29, 0.717) is 17.6 Å². The molecule has 3 nitrogen and oxygen atoms in total. The van der Waals surface area contributed by atoms with Gasteiger partial charge in [-0.3, -0.25) is 0 Å². The van der Waals surface area contributed by atoms with Crippen LogP contribution in [0.25, 0.3) is 0 Å². The van der Waals surface area contributed by atoms with Gasteiger partial charge >= 0.3 is 0 Å². The Morgan fingerprint density at radius 2 is 2.26 bits per heavy atom. The second-order valence-electron chi connectivity index (χ2n) is 5.91. The average molecular weight is 280 g/mol. The van der Waals surface area contributed by atoms with Crippen molar-refractivity contribution in [2.24, 2.45) is 5.41 Å². The Kier molecular flexibility index (Phi) is 3.92. The summed E-state index contributed by atoms with van der Waals surface area (Å²) in [6.45, 7) is 5.95. The Hall–Kier alpha value is -0.450. The van der Waals surface area contributed by atoms with Gasteiger partial charge < -0.3 is 10.1 Å². The molecule has 0 radical (unpaired) electrons. The molecule has 19 heavy (non-hydrogen) atoms. The highest BCUT2D eigenvalue weighted by molar-refractivity contribution is 7.09. The highest BCUT2D eigenvalue weighted by atomic mass is 32.1. The van der Waals surface area contributed by atoms with E-state index in [4.69, 9.17) is 4.74 Å². The lowest BCUT2D eigenvalue weighted by Crippen LogP contribution is -2.62. The number of aromatic nitrogens is 1. The zero-order chi connectivity index (χ0) is 13.3. The molecular formula is C15H24N2OS. The third kappa shape index (κ3) is 2.46. The highest BCUT2D eigenvalue weighted by Gasteiger charge is 2.56. The molecule has 0 amide bonds. The van der Waals surface area contributed by atoms with Crippen molar-refractivity contribution in [2.45, 2.75) is 64.6 Å². The molecule has 0 aliphatic heterocycles. The Bertz CT molecular complexity index is 426. The van der Waals surface area contributed by atoms with Crippen LogP contribution in [-0.2, 0) is 11.3 Å². The highest BCUT2D eigenvalue weighted by Crippen LogP contribution is 2.54. The van der Waals surface area contributed by atoms with Gasteiger partial charge in [0.2, 0.25) is 0 Å². The van der Waals surface area contributed by atoms with Gasteiger partial charge in [0, 0.05) is 30.0 Å². The van der Waals surface area contributed by atoms with Crippen LogP contribution in [0.3, 0.4) is 0 Å². The van der Waals surface area contributed by atoms with Crippen LogP contribution >= 0.6 is 11.3 Å². The fourth-order valence-electron chi connectivity index (χ4n) is 3.89. The maximum absolute atomic E-state index is 5.95. The molecule has 1 heterocycles. The molecule has 106 valence electrons. The number of nitrogens with one attached hydrogen (secondary N) is 1. The lowest BCUT2D eigenvalue weighted by molar-refractivity contribution is -0.130. The van der Waals surface area contributed by atoms with Gasteiger partial charge in [-0.2, -0.15) is 0 Å². The van der Waals surface area contributed by atoms with Crippen molar-refractivity contribution in [3.63, 3.8) is 0 Å². The van der Waals surface area contributed by atoms with Crippen molar-refractivity contribution in [3.05, 3.63) is 16.1 Å². The van der Waals surface area contributed by atoms with Crippen molar-refractivity contribution >= 4 is 11.3 Å². The number of aryl methyl sites for hydroxylation is 1. The summed E-state index contributed by atoms with van der Waals surface area (Å²) in [4.78, 5) is 4.54. The van der Waals surface area contributed by atoms with Gasteiger partial charge in [0.25, 0.3) is 0 Å². The lowest BCUT2D eigenvalue weighted by atomic mass is 9.60. The number of nitrogens with zero attached hydrogens (tertiary/aromatic N) is 1. The van der Waals surface area contributed by atoms with Crippen molar-refractivity contribution in [2.75, 3.05) is 6.61 Å². The van der Waals surface area contributed by atoms with Gasteiger partial charge in [0.15, 0.2) is 0 Å². The summed E-state index contributed by atoms with van der Waals surface area (Å²) in [5.74, 6) is 0. The zero-order valence-corrected chi connectivity index (χ0v) is 12.8. The Labute approximate surface area is 119 Å². The maximum Gasteiger partial charge on any atom is 0.0897 e. The van der Waals surface area contributed by atoms with Gasteiger partial charge in [-0.25, -0.2) is 4.98 Å². The first-order chi connectivity index (χ1) is 9.24. The molecule has 3 rings (SSSR count). The molecule has 0 saturated heterocycles. The van der Waals surface area contributed by atoms with E-state index in [2.05, 4.69) is 29.5 Å². The number of ether oxygens (including phenoxy) is 1. The van der Waals surface area contributed by atoms with Crippen molar-refractivity contribution < 1.29 is 4.74 Å². The largest absolute Gasteiger partial charge is 0.378 e. The minimum Gasteiger partial charge on any atom is -0.378 e. The number of hydrogen-bond donors (Lipinski definition) is 1. The van der Waals surface area contributed by atoms with Crippen molar-refractivity contribution in [1.82, 2.24) is 10.3 Å². The quantitative estimate of drug-likeness (QED) is 0.899. The fourth-order valence-corrected chi connectivity index (χ4v) is 4.50. The normalized spacial score (nSPS) is 28.7. The molecule has 1 aromatic rings. The van der Waals surface area contributed by atoms with Crippen LogP contribution in [0.5, 0.6) is 0 Å². The minimum absolute atomic E-state index is 0.432. The van der Waals surface area contributed by atoms with E-state index in [1.165, 1.54) is 37.8 Å². The van der Waals surface area contributed by atoms with Crippen LogP contribution in [0.1, 0.15) is 49.7 Å². The lowest BCUT2D eigenvalue weighted by Gasteiger charge is -2.54. The van der Waals surface area contributed by atoms with Gasteiger partial charge in [0.1, 0.15) is 0 Å². The molecule has 1 aromatic heterocycles. The second kappa shape index (κ2) is 5.51. The molecule has 0 bridgehead atoms. The van der Waals surface area contributed by atoms with Gasteiger partial charge in [0.05, 0.1) is 16.8 Å². The predicted molar refractivity (Wildman–Crippen MR) is 78.4 cm³/mol. The van der Waals surface area contributed by atoms with Crippen LogP contribution < -0.4 is 5.32 Å². The van der Waals surface area contributed by atoms with Crippen LogP contribution in [0.15, 0.2) is 5.38 Å². The van der Waals surface area contributed by atoms with Crippen LogP contribution in [0.4, 0.5) is 0 Å². The molecule has 1 N–H and O–H groups in total. The van der Waals surface area contributed by atoms with Crippen molar-refractivity contribution in [3.8, 4) is 0 Å². The maximum atomic E-state index is 5.95. The molecule has 1 spiro atoms. The summed E-state index contributed by atoms with van der Waals surface area (Å²) in [6.07, 6.45) is 7.10. The summed E-state index contributed by atoms with van der Waals surface area (Å²) in [5, 5.41) is 7.06. The summed E-state index contributed by atoms with van der Waals surface area (Å²) >= 11 is 1.74. The van der Waals surface area contributed by atoms with E-state index in [-0.39, 0.29) is 0 Å². The molecule has 2 aliphatic rings. The standard InChI is InChI=1S/C15H24N2OS/c1-3-18-14-8-13(15(14)6-4-5-7-15)16-9-12-10-19-11(2)17-12/h10,13-14,16H,3-9H2,1-2H3. The van der Waals surface area contributed by atoms with Crippen LogP contribution in [0.2, 0.25) is 0 Å². The van der Waals surface area contributed by atoms with Crippen molar-refractivity contribution in [1.29, 1.82) is 0 Å². The molecule has 0 aromatic carbocycles. The Morgan fingerprint density at radius 1 is 1.47 bits per heavy atom. The fraction of sp³-hybridized carbons (Fsp3) is 0.800. The number of hydrogen-bond acceptors (Lipinski definition) is 4. The van der Waals surface area contributed by atoms with E-state index in [9.17, 15) is 0 Å². The predicted octanol–water partition coefficient (Wildman–Crippen LogP) is 3.28. The molecule has 4 heteroatoms. The molecular weight excluding hydrogens is 256 g/mol. The Balaban J connectivity index is 1.59.